The van der Waals surface area contributed by atoms with Crippen molar-refractivity contribution in [3.63, 3.8) is 0 Å². The molecule has 19 heavy (non-hydrogen) atoms. The molecule has 3 nitrogen and oxygen atoms in total. The van der Waals surface area contributed by atoms with E-state index in [9.17, 15) is 0 Å². The summed E-state index contributed by atoms with van der Waals surface area (Å²) in [7, 11) is 0. The number of nitrogens with zero attached hydrogens (tertiary/aromatic N) is 3. The van der Waals surface area contributed by atoms with Gasteiger partial charge in [0, 0.05) is 35.0 Å². The minimum Gasteiger partial charge on any atom is -0.331 e. The summed E-state index contributed by atoms with van der Waals surface area (Å²) in [5.74, 6) is 1.12. The highest BCUT2D eigenvalue weighted by atomic mass is 32.2. The molecule has 1 aromatic heterocycles. The molecule has 3 aliphatic heterocycles. The maximum absolute atomic E-state index is 4.56. The number of thioether (sulfide) groups is 1. The quantitative estimate of drug-likeness (QED) is 0.773. The van der Waals surface area contributed by atoms with Gasteiger partial charge in [0.05, 0.1) is 12.2 Å². The molecule has 1 aromatic rings. The van der Waals surface area contributed by atoms with Crippen LogP contribution in [0.25, 0.3) is 5.57 Å². The third-order valence-corrected chi connectivity index (χ3v) is 5.09. The number of amidine groups is 1. The van der Waals surface area contributed by atoms with Gasteiger partial charge in [-0.15, -0.1) is 11.8 Å². The molecule has 0 aromatic carbocycles. The highest BCUT2D eigenvalue weighted by molar-refractivity contribution is 8.08. The lowest BCUT2D eigenvalue weighted by atomic mass is 9.96. The first-order valence-electron chi connectivity index (χ1n) is 6.65. The van der Waals surface area contributed by atoms with Crippen LogP contribution in [0.15, 0.2) is 47.2 Å². The summed E-state index contributed by atoms with van der Waals surface area (Å²) in [5, 5.41) is 1.32. The molecule has 4 rings (SSSR count). The Hall–Kier alpha value is -1.55. The summed E-state index contributed by atoms with van der Waals surface area (Å²) in [5.41, 5.74) is 3.73. The van der Waals surface area contributed by atoms with Gasteiger partial charge in [-0.1, -0.05) is 13.0 Å². The van der Waals surface area contributed by atoms with Crippen LogP contribution in [-0.2, 0) is 0 Å². The topological polar surface area (TPSA) is 28.5 Å². The summed E-state index contributed by atoms with van der Waals surface area (Å²) < 4.78 is 0. The lowest BCUT2D eigenvalue weighted by molar-refractivity contribution is 0.611. The fourth-order valence-corrected chi connectivity index (χ4v) is 3.53. The Kier molecular flexibility index (Phi) is 2.52. The highest BCUT2D eigenvalue weighted by Crippen LogP contribution is 2.50. The summed E-state index contributed by atoms with van der Waals surface area (Å²) >= 11 is 2.02. The van der Waals surface area contributed by atoms with Crippen LogP contribution in [0.2, 0.25) is 0 Å². The van der Waals surface area contributed by atoms with Gasteiger partial charge in [0.2, 0.25) is 0 Å². The van der Waals surface area contributed by atoms with E-state index in [-0.39, 0.29) is 0 Å². The summed E-state index contributed by atoms with van der Waals surface area (Å²) in [6, 6.07) is 6.11. The normalized spacial score (nSPS) is 28.5. The Labute approximate surface area is 117 Å². The van der Waals surface area contributed by atoms with Crippen LogP contribution in [0.1, 0.15) is 12.6 Å². The van der Waals surface area contributed by atoms with Crippen molar-refractivity contribution in [3.8, 4) is 0 Å². The van der Waals surface area contributed by atoms with E-state index in [0.29, 0.717) is 10.5 Å². The van der Waals surface area contributed by atoms with Crippen LogP contribution in [-0.4, -0.2) is 39.3 Å². The van der Waals surface area contributed by atoms with Gasteiger partial charge in [-0.3, -0.25) is 9.98 Å². The molecule has 4 heterocycles. The van der Waals surface area contributed by atoms with Crippen molar-refractivity contribution >= 4 is 23.2 Å². The summed E-state index contributed by atoms with van der Waals surface area (Å²) in [6.07, 6.45) is 6.36. The molecule has 4 heteroatoms. The molecule has 0 amide bonds. The van der Waals surface area contributed by atoms with Crippen molar-refractivity contribution in [2.75, 3.05) is 13.1 Å². The predicted octanol–water partition coefficient (Wildman–Crippen LogP) is 2.58. The zero-order valence-corrected chi connectivity index (χ0v) is 11.6. The number of hydrogen-bond donors (Lipinski definition) is 0. The van der Waals surface area contributed by atoms with E-state index in [1.54, 1.807) is 0 Å². The Morgan fingerprint density at radius 2 is 2.26 bits per heavy atom. The Morgan fingerprint density at radius 1 is 1.37 bits per heavy atom. The number of pyridine rings is 1. The number of rotatable bonds is 2. The number of aromatic nitrogens is 1. The largest absolute Gasteiger partial charge is 0.331 e. The smallest absolute Gasteiger partial charge is 0.127 e. The van der Waals surface area contributed by atoms with Gasteiger partial charge in [-0.2, -0.15) is 0 Å². The Morgan fingerprint density at radius 3 is 3.00 bits per heavy atom. The van der Waals surface area contributed by atoms with Crippen molar-refractivity contribution < 1.29 is 0 Å². The molecule has 2 unspecified atom stereocenters. The van der Waals surface area contributed by atoms with Crippen LogP contribution in [0.5, 0.6) is 0 Å². The maximum atomic E-state index is 4.56. The first-order valence-corrected chi connectivity index (χ1v) is 7.59. The molecule has 0 aliphatic carbocycles. The molecule has 1 saturated heterocycles. The van der Waals surface area contributed by atoms with Gasteiger partial charge in [0.25, 0.3) is 0 Å². The molecule has 1 fully saturated rings. The van der Waals surface area contributed by atoms with E-state index in [2.05, 4.69) is 46.2 Å². The first kappa shape index (κ1) is 11.3. The molecule has 0 saturated carbocycles. The fraction of sp³-hybridized carbons (Fsp3) is 0.333. The van der Waals surface area contributed by atoms with E-state index in [1.165, 1.54) is 11.1 Å². The third-order valence-electron chi connectivity index (χ3n) is 3.75. The molecular formula is C15H15N3S. The number of fused-ring (bicyclic) bond motifs is 1. The average Bonchev–Trinajstić information content (AvgIpc) is 3.00. The zero-order valence-electron chi connectivity index (χ0n) is 10.8. The average molecular weight is 269 g/mol. The Bertz CT molecular complexity index is 603. The van der Waals surface area contributed by atoms with Crippen LogP contribution in [0.4, 0.5) is 0 Å². The summed E-state index contributed by atoms with van der Waals surface area (Å²) in [4.78, 5) is 11.3. The van der Waals surface area contributed by atoms with Crippen molar-refractivity contribution in [3.05, 3.63) is 47.9 Å². The fourth-order valence-electron chi connectivity index (χ4n) is 2.67. The lowest BCUT2D eigenvalue weighted by Crippen LogP contribution is -2.25. The van der Waals surface area contributed by atoms with Gasteiger partial charge < -0.3 is 4.90 Å². The lowest BCUT2D eigenvalue weighted by Gasteiger charge is -2.23. The van der Waals surface area contributed by atoms with E-state index < -0.39 is 0 Å². The van der Waals surface area contributed by atoms with Crippen LogP contribution >= 0.6 is 11.8 Å². The van der Waals surface area contributed by atoms with E-state index in [1.807, 2.05) is 24.0 Å². The number of allylic oxidation sites excluding steroid dienone is 1. The number of hydrogen-bond acceptors (Lipinski definition) is 4. The van der Waals surface area contributed by atoms with Gasteiger partial charge in [-0.25, -0.2) is 0 Å². The van der Waals surface area contributed by atoms with E-state index in [0.717, 1.165) is 24.6 Å². The first-order chi connectivity index (χ1) is 9.33. The highest BCUT2D eigenvalue weighted by Gasteiger charge is 2.40. The minimum absolute atomic E-state index is 0.610. The van der Waals surface area contributed by atoms with Crippen molar-refractivity contribution in [1.29, 1.82) is 0 Å². The van der Waals surface area contributed by atoms with Crippen molar-refractivity contribution in [2.45, 2.75) is 17.4 Å². The molecule has 0 radical (unpaired) electrons. The van der Waals surface area contributed by atoms with Gasteiger partial charge in [0.1, 0.15) is 5.84 Å². The molecule has 96 valence electrons. The van der Waals surface area contributed by atoms with Gasteiger partial charge in [0.15, 0.2) is 0 Å². The van der Waals surface area contributed by atoms with Crippen LogP contribution < -0.4 is 0 Å². The molecule has 0 N–H and O–H groups in total. The zero-order chi connectivity index (χ0) is 12.8. The van der Waals surface area contributed by atoms with Crippen LogP contribution in [0.3, 0.4) is 0 Å². The summed E-state index contributed by atoms with van der Waals surface area (Å²) in [6.45, 7) is 4.18. The second kappa shape index (κ2) is 4.23. The van der Waals surface area contributed by atoms with Gasteiger partial charge in [-0.05, 0) is 23.8 Å². The maximum Gasteiger partial charge on any atom is 0.127 e. The monoisotopic (exact) mass is 269 g/mol. The standard InChI is InChI=1S/C15H15N3S/c1-10-15(19-10)11-8-14-17-6-7-18(14)9-12(11)13-4-2-3-5-16-13/h2-5,8-10,15H,6-7H2,1H3. The van der Waals surface area contributed by atoms with Crippen molar-refractivity contribution in [2.24, 2.45) is 4.99 Å². The van der Waals surface area contributed by atoms with E-state index >= 15 is 0 Å². The Balaban J connectivity index is 1.78. The molecule has 2 atom stereocenters. The molecular weight excluding hydrogens is 254 g/mol. The molecule has 0 bridgehead atoms. The number of aliphatic imine (C=N–C) groups is 1. The minimum atomic E-state index is 0.610. The van der Waals surface area contributed by atoms with E-state index in [4.69, 9.17) is 0 Å². The van der Waals surface area contributed by atoms with Crippen LogP contribution in [0, 0.1) is 0 Å². The SMILES string of the molecule is CC1SC1C1=CC2=NCCN2C=C1c1ccccn1. The second-order valence-electron chi connectivity index (χ2n) is 5.05. The second-order valence-corrected chi connectivity index (χ2v) is 6.58. The third kappa shape index (κ3) is 1.91. The van der Waals surface area contributed by atoms with Crippen molar-refractivity contribution in [1.82, 2.24) is 9.88 Å². The molecule has 0 spiro atoms. The predicted molar refractivity (Wildman–Crippen MR) is 80.1 cm³/mol. The van der Waals surface area contributed by atoms with Gasteiger partial charge >= 0.3 is 0 Å². The molecule has 3 aliphatic rings.